The van der Waals surface area contributed by atoms with Gasteiger partial charge in [0.05, 0.1) is 6.42 Å². The summed E-state index contributed by atoms with van der Waals surface area (Å²) in [6.07, 6.45) is 7.30. The van der Waals surface area contributed by atoms with Crippen LogP contribution in [-0.2, 0) is 4.79 Å². The molecule has 132 valence electrons. The van der Waals surface area contributed by atoms with Gasteiger partial charge in [-0.3, -0.25) is 9.59 Å². The van der Waals surface area contributed by atoms with Gasteiger partial charge >= 0.3 is 5.97 Å². The molecule has 0 bridgehead atoms. The molecule has 1 saturated carbocycles. The van der Waals surface area contributed by atoms with Gasteiger partial charge in [-0.15, -0.1) is 0 Å². The lowest BCUT2D eigenvalue weighted by atomic mass is 9.98. The van der Waals surface area contributed by atoms with Crippen molar-refractivity contribution in [2.45, 2.75) is 64.5 Å². The first-order chi connectivity index (χ1) is 11.5. The predicted octanol–water partition coefficient (Wildman–Crippen LogP) is 3.12. The number of hydrogen-bond donors (Lipinski definition) is 1. The molecule has 0 aromatic carbocycles. The Labute approximate surface area is 142 Å². The Kier molecular flexibility index (Phi) is 6.58. The van der Waals surface area contributed by atoms with E-state index in [2.05, 4.69) is 4.98 Å². The Morgan fingerprint density at radius 2 is 2.04 bits per heavy atom. The largest absolute Gasteiger partial charge is 0.481 e. The number of pyridine rings is 1. The standard InChI is InChI=1S/C18H26N2O4/c1-13(2)20(11-9-17(21)22)18(23)14-8-10-19-16(12-14)24-15-6-4-3-5-7-15/h8,10,12-13,15H,3-7,9,11H2,1-2H3,(H,21,22). The van der Waals surface area contributed by atoms with Gasteiger partial charge in [-0.2, -0.15) is 0 Å². The van der Waals surface area contributed by atoms with Gasteiger partial charge in [0, 0.05) is 30.4 Å². The lowest BCUT2D eigenvalue weighted by molar-refractivity contribution is -0.137. The van der Waals surface area contributed by atoms with Gasteiger partial charge in [0.1, 0.15) is 6.10 Å². The van der Waals surface area contributed by atoms with Gasteiger partial charge in [-0.25, -0.2) is 4.98 Å². The molecule has 1 heterocycles. The van der Waals surface area contributed by atoms with E-state index in [0.717, 1.165) is 12.8 Å². The van der Waals surface area contributed by atoms with E-state index in [9.17, 15) is 9.59 Å². The van der Waals surface area contributed by atoms with Gasteiger partial charge in [0.2, 0.25) is 5.88 Å². The number of carbonyl (C=O) groups is 2. The summed E-state index contributed by atoms with van der Waals surface area (Å²) in [5.74, 6) is -0.638. The van der Waals surface area contributed by atoms with Crippen LogP contribution in [0.4, 0.5) is 0 Å². The highest BCUT2D eigenvalue weighted by Gasteiger charge is 2.21. The van der Waals surface area contributed by atoms with Crippen LogP contribution in [0.15, 0.2) is 18.3 Å². The van der Waals surface area contributed by atoms with Crippen molar-refractivity contribution >= 4 is 11.9 Å². The monoisotopic (exact) mass is 334 g/mol. The van der Waals surface area contributed by atoms with Crippen LogP contribution < -0.4 is 4.74 Å². The number of ether oxygens (including phenoxy) is 1. The average molecular weight is 334 g/mol. The number of carboxylic acid groups (broad SMARTS) is 1. The van der Waals surface area contributed by atoms with E-state index in [4.69, 9.17) is 9.84 Å². The van der Waals surface area contributed by atoms with Gasteiger partial charge in [0.25, 0.3) is 5.91 Å². The lowest BCUT2D eigenvalue weighted by Gasteiger charge is -2.26. The first kappa shape index (κ1) is 18.2. The van der Waals surface area contributed by atoms with Gasteiger partial charge in [-0.05, 0) is 45.6 Å². The maximum Gasteiger partial charge on any atom is 0.305 e. The SMILES string of the molecule is CC(C)N(CCC(=O)O)C(=O)c1ccnc(OC2CCCCC2)c1. The summed E-state index contributed by atoms with van der Waals surface area (Å²) in [6, 6.07) is 3.23. The third-order valence-corrected chi connectivity index (χ3v) is 4.27. The summed E-state index contributed by atoms with van der Waals surface area (Å²) in [6.45, 7) is 3.94. The molecule has 2 rings (SSSR count). The number of aromatic nitrogens is 1. The Hall–Kier alpha value is -2.11. The molecule has 1 N–H and O–H groups in total. The van der Waals surface area contributed by atoms with Crippen LogP contribution in [0.3, 0.4) is 0 Å². The highest BCUT2D eigenvalue weighted by Crippen LogP contribution is 2.23. The van der Waals surface area contributed by atoms with Crippen LogP contribution in [0.5, 0.6) is 5.88 Å². The summed E-state index contributed by atoms with van der Waals surface area (Å²) in [4.78, 5) is 29.3. The Morgan fingerprint density at radius 1 is 1.33 bits per heavy atom. The van der Waals surface area contributed by atoms with E-state index in [1.807, 2.05) is 13.8 Å². The number of nitrogens with zero attached hydrogens (tertiary/aromatic N) is 2. The van der Waals surface area contributed by atoms with Crippen molar-refractivity contribution in [3.05, 3.63) is 23.9 Å². The van der Waals surface area contributed by atoms with E-state index < -0.39 is 5.97 Å². The topological polar surface area (TPSA) is 79.7 Å². The second kappa shape index (κ2) is 8.66. The lowest BCUT2D eigenvalue weighted by Crippen LogP contribution is -2.38. The van der Waals surface area contributed by atoms with E-state index in [-0.39, 0.29) is 31.0 Å². The van der Waals surface area contributed by atoms with Crippen LogP contribution in [0.25, 0.3) is 0 Å². The van der Waals surface area contributed by atoms with Crippen molar-refractivity contribution in [2.24, 2.45) is 0 Å². The summed E-state index contributed by atoms with van der Waals surface area (Å²) >= 11 is 0. The van der Waals surface area contributed by atoms with Gasteiger partial charge in [-0.1, -0.05) is 6.42 Å². The number of carboxylic acids is 1. The molecule has 24 heavy (non-hydrogen) atoms. The number of aliphatic carboxylic acids is 1. The summed E-state index contributed by atoms with van der Waals surface area (Å²) in [5.41, 5.74) is 0.481. The van der Waals surface area contributed by atoms with Crippen LogP contribution in [0.2, 0.25) is 0 Å². The molecule has 0 spiro atoms. The van der Waals surface area contributed by atoms with Crippen molar-refractivity contribution in [2.75, 3.05) is 6.54 Å². The number of carbonyl (C=O) groups excluding carboxylic acids is 1. The minimum Gasteiger partial charge on any atom is -0.481 e. The van der Waals surface area contributed by atoms with Crippen LogP contribution in [0, 0.1) is 0 Å². The molecule has 6 heteroatoms. The maximum atomic E-state index is 12.7. The van der Waals surface area contributed by atoms with Crippen molar-refractivity contribution in [3.8, 4) is 5.88 Å². The second-order valence-electron chi connectivity index (χ2n) is 6.50. The molecule has 0 aliphatic heterocycles. The first-order valence-electron chi connectivity index (χ1n) is 8.63. The first-order valence-corrected chi connectivity index (χ1v) is 8.63. The average Bonchev–Trinajstić information content (AvgIpc) is 2.55. The number of rotatable bonds is 7. The van der Waals surface area contributed by atoms with Crippen molar-refractivity contribution in [3.63, 3.8) is 0 Å². The number of amides is 1. The minimum atomic E-state index is -0.913. The molecule has 6 nitrogen and oxygen atoms in total. The quantitative estimate of drug-likeness (QED) is 0.829. The third-order valence-electron chi connectivity index (χ3n) is 4.27. The summed E-state index contributed by atoms with van der Waals surface area (Å²) < 4.78 is 5.91. The van der Waals surface area contributed by atoms with E-state index >= 15 is 0 Å². The molecule has 0 saturated heterocycles. The molecule has 1 aliphatic rings. The van der Waals surface area contributed by atoms with Crippen LogP contribution >= 0.6 is 0 Å². The third kappa shape index (κ3) is 5.22. The number of hydrogen-bond acceptors (Lipinski definition) is 4. The fourth-order valence-electron chi connectivity index (χ4n) is 2.94. The maximum absolute atomic E-state index is 12.7. The molecule has 1 aromatic rings. The van der Waals surface area contributed by atoms with E-state index in [1.165, 1.54) is 19.3 Å². The van der Waals surface area contributed by atoms with Gasteiger partial charge < -0.3 is 14.7 Å². The highest BCUT2D eigenvalue weighted by molar-refractivity contribution is 5.94. The van der Waals surface area contributed by atoms with Crippen LogP contribution in [0.1, 0.15) is 62.7 Å². The minimum absolute atomic E-state index is 0.0690. The van der Waals surface area contributed by atoms with Gasteiger partial charge in [0.15, 0.2) is 0 Å². The Morgan fingerprint density at radius 3 is 2.67 bits per heavy atom. The molecule has 1 aromatic heterocycles. The molecule has 1 fully saturated rings. The molecular formula is C18H26N2O4. The fourth-order valence-corrected chi connectivity index (χ4v) is 2.94. The molecular weight excluding hydrogens is 308 g/mol. The van der Waals surface area contributed by atoms with Crippen molar-refractivity contribution in [1.82, 2.24) is 9.88 Å². The zero-order valence-corrected chi connectivity index (χ0v) is 14.4. The van der Waals surface area contributed by atoms with Crippen LogP contribution in [-0.4, -0.2) is 45.6 Å². The summed E-state index contributed by atoms with van der Waals surface area (Å²) in [7, 11) is 0. The van der Waals surface area contributed by atoms with E-state index in [1.54, 1.807) is 23.2 Å². The molecule has 0 radical (unpaired) electrons. The molecule has 1 amide bonds. The molecule has 0 atom stereocenters. The fraction of sp³-hybridized carbons (Fsp3) is 0.611. The van der Waals surface area contributed by atoms with Crippen molar-refractivity contribution < 1.29 is 19.4 Å². The second-order valence-corrected chi connectivity index (χ2v) is 6.50. The van der Waals surface area contributed by atoms with E-state index in [0.29, 0.717) is 11.4 Å². The van der Waals surface area contributed by atoms with Crippen molar-refractivity contribution in [1.29, 1.82) is 0 Å². The summed E-state index contributed by atoms with van der Waals surface area (Å²) in [5, 5.41) is 8.85. The normalized spacial score (nSPS) is 15.3. The smallest absolute Gasteiger partial charge is 0.305 e. The Balaban J connectivity index is 2.07. The zero-order chi connectivity index (χ0) is 17.5. The molecule has 0 unspecified atom stereocenters. The predicted molar refractivity (Wildman–Crippen MR) is 90.2 cm³/mol. The highest BCUT2D eigenvalue weighted by atomic mass is 16.5. The Bertz CT molecular complexity index is 568. The molecule has 1 aliphatic carbocycles. The zero-order valence-electron chi connectivity index (χ0n) is 14.4.